The van der Waals surface area contributed by atoms with E-state index in [0.29, 0.717) is 5.75 Å². The average molecular weight is 466 g/mol. The van der Waals surface area contributed by atoms with Gasteiger partial charge in [0, 0.05) is 15.9 Å². The number of ether oxygens (including phenoxy) is 1. The molecule has 0 saturated carbocycles. The van der Waals surface area contributed by atoms with Gasteiger partial charge in [-0.15, -0.1) is 10.2 Å². The Hall–Kier alpha value is -3.19. The van der Waals surface area contributed by atoms with Crippen molar-refractivity contribution < 1.29 is 14.6 Å². The van der Waals surface area contributed by atoms with Gasteiger partial charge in [0.15, 0.2) is 12.3 Å². The highest BCUT2D eigenvalue weighted by Gasteiger charge is 2.18. The molecule has 0 atom stereocenters. The minimum Gasteiger partial charge on any atom is -0.493 e. The molecule has 0 fully saturated rings. The molecule has 1 heterocycles. The summed E-state index contributed by atoms with van der Waals surface area (Å²) in [7, 11) is 0. The fourth-order valence-electron chi connectivity index (χ4n) is 3.42. The molecule has 1 aromatic heterocycles. The van der Waals surface area contributed by atoms with Crippen LogP contribution in [0.4, 0.5) is 5.69 Å². The molecule has 0 radical (unpaired) electrons. The third-order valence-electron chi connectivity index (χ3n) is 4.77. The van der Waals surface area contributed by atoms with Crippen LogP contribution in [0.15, 0.2) is 75.4 Å². The summed E-state index contributed by atoms with van der Waals surface area (Å²) in [6.07, 6.45) is 0. The Morgan fingerprint density at radius 2 is 1.83 bits per heavy atom. The smallest absolute Gasteiger partial charge is 0.302 e. The van der Waals surface area contributed by atoms with Crippen LogP contribution < -0.4 is 4.74 Å². The molecule has 4 rings (SSSR count). The van der Waals surface area contributed by atoms with Crippen molar-refractivity contribution in [3.63, 3.8) is 0 Å². The molecule has 1 N–H and O–H groups in total. The lowest BCUT2D eigenvalue weighted by atomic mass is 10.1. The van der Waals surface area contributed by atoms with Crippen molar-refractivity contribution >= 4 is 49.2 Å². The molecule has 152 valence electrons. The van der Waals surface area contributed by atoms with Crippen LogP contribution >= 0.6 is 15.9 Å². The molecule has 4 aromatic rings. The molecule has 0 spiro atoms. The number of aromatic nitrogens is 1. The van der Waals surface area contributed by atoms with E-state index in [4.69, 9.17) is 4.74 Å². The third kappa shape index (κ3) is 3.93. The second kappa shape index (κ2) is 8.28. The first-order chi connectivity index (χ1) is 14.4. The zero-order valence-electron chi connectivity index (χ0n) is 16.5. The molecule has 0 bridgehead atoms. The van der Waals surface area contributed by atoms with Gasteiger partial charge in [-0.1, -0.05) is 46.3 Å². The SMILES string of the molecule is CC(C)n1c(O)c(N=NC(=O)COc2ccc3cc(Br)ccc3c2)c2ccccc21. The topological polar surface area (TPSA) is 76.2 Å². The fraction of sp³-hybridized carbons (Fsp3) is 0.174. The van der Waals surface area contributed by atoms with Crippen molar-refractivity contribution in [1.82, 2.24) is 4.57 Å². The van der Waals surface area contributed by atoms with Crippen molar-refractivity contribution in [3.05, 3.63) is 65.1 Å². The highest BCUT2D eigenvalue weighted by molar-refractivity contribution is 9.10. The van der Waals surface area contributed by atoms with Crippen LogP contribution in [0.5, 0.6) is 11.6 Å². The summed E-state index contributed by atoms with van der Waals surface area (Å²) < 4.78 is 8.34. The van der Waals surface area contributed by atoms with Crippen LogP contribution in [0.25, 0.3) is 21.7 Å². The van der Waals surface area contributed by atoms with Gasteiger partial charge in [0.1, 0.15) is 5.75 Å². The Labute approximate surface area is 181 Å². The van der Waals surface area contributed by atoms with Crippen LogP contribution in [0.3, 0.4) is 0 Å². The number of azo groups is 1. The van der Waals surface area contributed by atoms with E-state index in [9.17, 15) is 9.90 Å². The van der Waals surface area contributed by atoms with Gasteiger partial charge >= 0.3 is 5.91 Å². The quantitative estimate of drug-likeness (QED) is 0.340. The first-order valence-corrected chi connectivity index (χ1v) is 10.3. The van der Waals surface area contributed by atoms with E-state index in [-0.39, 0.29) is 24.2 Å². The standard InChI is InChI=1S/C23H20BrN3O3/c1-14(2)27-20-6-4-3-5-19(20)22(23(27)29)26-25-21(28)13-30-18-10-8-15-11-17(24)9-7-16(15)12-18/h3-12,14,29H,13H2,1-2H3. The van der Waals surface area contributed by atoms with Crippen molar-refractivity contribution in [1.29, 1.82) is 0 Å². The molecule has 30 heavy (non-hydrogen) atoms. The van der Waals surface area contributed by atoms with Crippen molar-refractivity contribution in [2.24, 2.45) is 10.2 Å². The summed E-state index contributed by atoms with van der Waals surface area (Å²) in [6.45, 7) is 3.69. The van der Waals surface area contributed by atoms with Gasteiger partial charge in [-0.3, -0.25) is 4.79 Å². The number of rotatable bonds is 5. The second-order valence-electron chi connectivity index (χ2n) is 7.19. The van der Waals surface area contributed by atoms with E-state index in [1.54, 1.807) is 10.6 Å². The molecular formula is C23H20BrN3O3. The largest absolute Gasteiger partial charge is 0.493 e. The number of benzene rings is 3. The molecule has 1 amide bonds. The Kier molecular flexibility index (Phi) is 5.55. The van der Waals surface area contributed by atoms with Crippen LogP contribution in [0, 0.1) is 0 Å². The van der Waals surface area contributed by atoms with Crippen molar-refractivity contribution in [2.45, 2.75) is 19.9 Å². The van der Waals surface area contributed by atoms with Gasteiger partial charge < -0.3 is 14.4 Å². The molecule has 0 aliphatic heterocycles. The first-order valence-electron chi connectivity index (χ1n) is 9.52. The maximum atomic E-state index is 12.2. The number of hydrogen-bond donors (Lipinski definition) is 1. The van der Waals surface area contributed by atoms with Gasteiger partial charge in [0.2, 0.25) is 5.88 Å². The molecule has 0 unspecified atom stereocenters. The van der Waals surface area contributed by atoms with E-state index < -0.39 is 5.91 Å². The van der Waals surface area contributed by atoms with Crippen LogP contribution in [0.1, 0.15) is 19.9 Å². The first kappa shape index (κ1) is 20.1. The number of aromatic hydroxyl groups is 1. The number of para-hydroxylation sites is 1. The molecule has 7 heteroatoms. The summed E-state index contributed by atoms with van der Waals surface area (Å²) in [4.78, 5) is 12.2. The summed E-state index contributed by atoms with van der Waals surface area (Å²) in [5.41, 5.74) is 1.12. The van der Waals surface area contributed by atoms with Gasteiger partial charge in [0.25, 0.3) is 0 Å². The minimum atomic E-state index is -0.535. The van der Waals surface area contributed by atoms with Gasteiger partial charge in [0.05, 0.1) is 5.52 Å². The maximum absolute atomic E-state index is 12.2. The van der Waals surface area contributed by atoms with Crippen LogP contribution in [-0.4, -0.2) is 22.2 Å². The molecule has 3 aromatic carbocycles. The summed E-state index contributed by atoms with van der Waals surface area (Å²) >= 11 is 3.45. The average Bonchev–Trinajstić information content (AvgIpc) is 3.02. The fourth-order valence-corrected chi connectivity index (χ4v) is 3.80. The number of nitrogens with zero attached hydrogens (tertiary/aromatic N) is 3. The lowest BCUT2D eigenvalue weighted by Gasteiger charge is -2.10. The van der Waals surface area contributed by atoms with Crippen molar-refractivity contribution in [3.8, 4) is 11.6 Å². The van der Waals surface area contributed by atoms with Gasteiger partial charge in [-0.25, -0.2) is 0 Å². The Morgan fingerprint density at radius 3 is 2.63 bits per heavy atom. The van der Waals surface area contributed by atoms with Gasteiger partial charge in [-0.05, 0) is 55.0 Å². The molecule has 0 aliphatic rings. The van der Waals surface area contributed by atoms with E-state index in [0.717, 1.165) is 26.1 Å². The molecule has 0 aliphatic carbocycles. The minimum absolute atomic E-state index is 0.00985. The predicted molar refractivity (Wildman–Crippen MR) is 121 cm³/mol. The number of halogens is 1. The lowest BCUT2D eigenvalue weighted by molar-refractivity contribution is -0.120. The Morgan fingerprint density at radius 1 is 1.10 bits per heavy atom. The Bertz CT molecular complexity index is 1280. The van der Waals surface area contributed by atoms with Crippen LogP contribution in [0.2, 0.25) is 0 Å². The van der Waals surface area contributed by atoms with E-state index >= 15 is 0 Å². The zero-order valence-corrected chi connectivity index (χ0v) is 18.1. The maximum Gasteiger partial charge on any atom is 0.302 e. The highest BCUT2D eigenvalue weighted by atomic mass is 79.9. The molecule has 6 nitrogen and oxygen atoms in total. The van der Waals surface area contributed by atoms with Crippen molar-refractivity contribution in [2.75, 3.05) is 6.61 Å². The van der Waals surface area contributed by atoms with Crippen LogP contribution in [-0.2, 0) is 4.79 Å². The summed E-state index contributed by atoms with van der Waals surface area (Å²) in [5.74, 6) is 0.0312. The highest BCUT2D eigenvalue weighted by Crippen LogP contribution is 2.40. The monoisotopic (exact) mass is 465 g/mol. The number of carbonyl (C=O) groups is 1. The van der Waals surface area contributed by atoms with Gasteiger partial charge in [-0.2, -0.15) is 0 Å². The molecule has 0 saturated heterocycles. The number of amides is 1. The Balaban J connectivity index is 1.51. The third-order valence-corrected chi connectivity index (χ3v) is 5.27. The number of fused-ring (bicyclic) bond motifs is 2. The predicted octanol–water partition coefficient (Wildman–Crippen LogP) is 6.53. The second-order valence-corrected chi connectivity index (χ2v) is 8.10. The molecular weight excluding hydrogens is 446 g/mol. The normalized spacial score (nSPS) is 11.7. The lowest BCUT2D eigenvalue weighted by Crippen LogP contribution is -2.07. The van der Waals surface area contributed by atoms with E-state index in [1.807, 2.05) is 68.4 Å². The number of carbonyl (C=O) groups excluding carboxylic acids is 1. The number of hydrogen-bond acceptors (Lipinski definition) is 4. The van der Waals surface area contributed by atoms with E-state index in [2.05, 4.69) is 26.2 Å². The zero-order chi connectivity index (χ0) is 21.3. The summed E-state index contributed by atoms with van der Waals surface area (Å²) in [5, 5.41) is 21.2. The van der Waals surface area contributed by atoms with E-state index in [1.165, 1.54) is 0 Å². The summed E-state index contributed by atoms with van der Waals surface area (Å²) in [6, 6.07) is 19.1.